The molecular weight excluding hydrogens is 234 g/mol. The van der Waals surface area contributed by atoms with Crippen molar-refractivity contribution >= 4 is 28.8 Å². The Kier molecular flexibility index (Phi) is 5.22. The molecule has 0 saturated carbocycles. The molecule has 0 fully saturated rings. The van der Waals surface area contributed by atoms with Crippen LogP contribution in [0, 0.1) is 0 Å². The minimum Gasteiger partial charge on any atom is -0.343 e. The number of Topliss-reactive ketones (excluding diaryl/α,β-unsaturated/α-hetero) is 1. The largest absolute Gasteiger partial charge is 0.343 e. The van der Waals surface area contributed by atoms with Crippen molar-refractivity contribution in [2.45, 2.75) is 26.7 Å². The van der Waals surface area contributed by atoms with Gasteiger partial charge in [-0.1, -0.05) is 24.4 Å². The molecule has 0 aromatic rings. The van der Waals surface area contributed by atoms with Crippen molar-refractivity contribution in [3.63, 3.8) is 0 Å². The number of nitrogens with zero attached hydrogens (tertiary/aromatic N) is 1. The van der Waals surface area contributed by atoms with Crippen LogP contribution in [0.2, 0.25) is 0 Å². The van der Waals surface area contributed by atoms with Crippen LogP contribution < -0.4 is 0 Å². The Bertz CT molecular complexity index is 392. The predicted octanol–water partition coefficient (Wildman–Crippen LogP) is 2.07. The fraction of sp³-hybridized carbons (Fsp3) is 0.462. The van der Waals surface area contributed by atoms with E-state index in [-0.39, 0.29) is 18.1 Å². The summed E-state index contributed by atoms with van der Waals surface area (Å²) in [5, 5.41) is 0. The molecule has 0 atom stereocenters. The van der Waals surface area contributed by atoms with Crippen LogP contribution in [0.1, 0.15) is 26.7 Å². The molecule has 92 valence electrons. The first kappa shape index (κ1) is 13.8. The predicted molar refractivity (Wildman–Crippen MR) is 72.0 cm³/mol. The van der Waals surface area contributed by atoms with Crippen LogP contribution in [0.3, 0.4) is 0 Å². The molecule has 0 N–H and O–H groups in total. The zero-order valence-electron chi connectivity index (χ0n) is 10.2. The number of ketones is 1. The van der Waals surface area contributed by atoms with Gasteiger partial charge in [0.2, 0.25) is 5.91 Å². The van der Waals surface area contributed by atoms with Gasteiger partial charge < -0.3 is 4.90 Å². The topological polar surface area (TPSA) is 37.4 Å². The average Bonchev–Trinajstić information content (AvgIpc) is 2.30. The van der Waals surface area contributed by atoms with Crippen LogP contribution in [0.5, 0.6) is 0 Å². The highest BCUT2D eigenvalue weighted by atomic mass is 32.1. The number of rotatable bonds is 5. The number of carbonyl (C=O) groups excluding carboxylic acids is 2. The molecule has 0 spiro atoms. The van der Waals surface area contributed by atoms with Crippen molar-refractivity contribution in [1.29, 1.82) is 0 Å². The van der Waals surface area contributed by atoms with Crippen LogP contribution >= 0.6 is 12.2 Å². The molecule has 0 radical (unpaired) electrons. The quantitative estimate of drug-likeness (QED) is 0.554. The van der Waals surface area contributed by atoms with Gasteiger partial charge in [0.05, 0.1) is 6.42 Å². The minimum absolute atomic E-state index is 0.0690. The van der Waals surface area contributed by atoms with E-state index in [0.29, 0.717) is 25.1 Å². The van der Waals surface area contributed by atoms with Gasteiger partial charge in [0, 0.05) is 29.9 Å². The van der Waals surface area contributed by atoms with E-state index in [4.69, 9.17) is 12.2 Å². The summed E-state index contributed by atoms with van der Waals surface area (Å²) in [5.74, 6) is -0.272. The maximum absolute atomic E-state index is 11.9. The van der Waals surface area contributed by atoms with Crippen molar-refractivity contribution < 1.29 is 9.59 Å². The first-order valence-electron chi connectivity index (χ1n) is 5.80. The lowest BCUT2D eigenvalue weighted by molar-refractivity contribution is -0.134. The molecule has 17 heavy (non-hydrogen) atoms. The Labute approximate surface area is 107 Å². The summed E-state index contributed by atoms with van der Waals surface area (Å²) in [5.41, 5.74) is 0.543. The standard InChI is InChI=1S/C13H17NO2S/c1-3-14(4-2)13(16)9-12(15)10-6-5-7-11(17)8-10/h5-6,8H,3-4,7,9H2,1-2H3. The Morgan fingerprint density at radius 1 is 1.35 bits per heavy atom. The molecule has 0 aromatic heterocycles. The highest BCUT2D eigenvalue weighted by Crippen LogP contribution is 2.12. The van der Waals surface area contributed by atoms with E-state index in [1.807, 2.05) is 19.9 Å². The lowest BCUT2D eigenvalue weighted by Gasteiger charge is -2.18. The van der Waals surface area contributed by atoms with E-state index < -0.39 is 0 Å². The number of hydrogen-bond donors (Lipinski definition) is 0. The van der Waals surface area contributed by atoms with Gasteiger partial charge >= 0.3 is 0 Å². The van der Waals surface area contributed by atoms with Gasteiger partial charge in [0.25, 0.3) is 0 Å². The minimum atomic E-state index is -0.153. The molecule has 0 unspecified atom stereocenters. The third kappa shape index (κ3) is 3.89. The number of carbonyl (C=O) groups is 2. The summed E-state index contributed by atoms with van der Waals surface area (Å²) < 4.78 is 0. The fourth-order valence-electron chi connectivity index (χ4n) is 1.68. The third-order valence-electron chi connectivity index (χ3n) is 2.68. The van der Waals surface area contributed by atoms with Crippen molar-refractivity contribution in [1.82, 2.24) is 4.90 Å². The Hall–Kier alpha value is -1.29. The number of allylic oxidation sites excluding steroid dienone is 4. The molecular formula is C13H17NO2S. The van der Waals surface area contributed by atoms with E-state index in [1.54, 1.807) is 17.1 Å². The van der Waals surface area contributed by atoms with E-state index in [9.17, 15) is 9.59 Å². The van der Waals surface area contributed by atoms with Gasteiger partial charge in [-0.3, -0.25) is 9.59 Å². The Morgan fingerprint density at radius 2 is 2.00 bits per heavy atom. The highest BCUT2D eigenvalue weighted by molar-refractivity contribution is 7.80. The molecule has 0 aromatic carbocycles. The van der Waals surface area contributed by atoms with Crippen LogP contribution in [-0.4, -0.2) is 34.5 Å². The van der Waals surface area contributed by atoms with Crippen molar-refractivity contribution in [3.8, 4) is 0 Å². The average molecular weight is 251 g/mol. The number of amides is 1. The zero-order valence-corrected chi connectivity index (χ0v) is 11.0. The van der Waals surface area contributed by atoms with Crippen molar-refractivity contribution in [3.05, 3.63) is 23.8 Å². The number of thiocarbonyl (C=S) groups is 1. The summed E-state index contributed by atoms with van der Waals surface area (Å²) in [6.07, 6.45) is 5.93. The molecule has 1 aliphatic carbocycles. The van der Waals surface area contributed by atoms with Gasteiger partial charge in [0.15, 0.2) is 5.78 Å². The lowest BCUT2D eigenvalue weighted by atomic mass is 10.0. The highest BCUT2D eigenvalue weighted by Gasteiger charge is 2.17. The van der Waals surface area contributed by atoms with Gasteiger partial charge in [-0.15, -0.1) is 0 Å². The van der Waals surface area contributed by atoms with E-state index in [2.05, 4.69) is 0 Å². The monoisotopic (exact) mass is 251 g/mol. The summed E-state index contributed by atoms with van der Waals surface area (Å²) in [6, 6.07) is 0. The van der Waals surface area contributed by atoms with E-state index in [1.165, 1.54) is 0 Å². The van der Waals surface area contributed by atoms with Crippen LogP contribution in [0.4, 0.5) is 0 Å². The first-order chi connectivity index (χ1) is 8.08. The summed E-state index contributed by atoms with van der Waals surface area (Å²) in [4.78, 5) is 26.0. The fourth-order valence-corrected chi connectivity index (χ4v) is 1.91. The molecule has 3 nitrogen and oxygen atoms in total. The molecule has 1 aliphatic rings. The maximum atomic E-state index is 11.9. The normalized spacial score (nSPS) is 14.5. The summed E-state index contributed by atoms with van der Waals surface area (Å²) in [6.45, 7) is 5.08. The maximum Gasteiger partial charge on any atom is 0.230 e. The van der Waals surface area contributed by atoms with Gasteiger partial charge in [-0.05, 0) is 19.9 Å². The molecule has 0 saturated heterocycles. The second kappa shape index (κ2) is 6.45. The molecule has 1 rings (SSSR count). The van der Waals surface area contributed by atoms with Crippen LogP contribution in [-0.2, 0) is 9.59 Å². The molecule has 4 heteroatoms. The molecule has 0 bridgehead atoms. The van der Waals surface area contributed by atoms with Crippen LogP contribution in [0.15, 0.2) is 23.8 Å². The summed E-state index contributed by atoms with van der Waals surface area (Å²) >= 11 is 5.04. The SMILES string of the molecule is CCN(CC)C(=O)CC(=O)C1=CC(=S)CC=C1. The van der Waals surface area contributed by atoms with Gasteiger partial charge in [0.1, 0.15) is 0 Å². The Morgan fingerprint density at radius 3 is 2.53 bits per heavy atom. The van der Waals surface area contributed by atoms with E-state index >= 15 is 0 Å². The first-order valence-corrected chi connectivity index (χ1v) is 6.21. The molecule has 1 amide bonds. The van der Waals surface area contributed by atoms with Crippen LogP contribution in [0.25, 0.3) is 0 Å². The molecule has 0 heterocycles. The van der Waals surface area contributed by atoms with Crippen molar-refractivity contribution in [2.75, 3.05) is 13.1 Å². The van der Waals surface area contributed by atoms with Gasteiger partial charge in [-0.2, -0.15) is 0 Å². The van der Waals surface area contributed by atoms with Crippen molar-refractivity contribution in [2.24, 2.45) is 0 Å². The molecule has 0 aliphatic heterocycles. The lowest BCUT2D eigenvalue weighted by Crippen LogP contribution is -2.32. The van der Waals surface area contributed by atoms with Gasteiger partial charge in [-0.25, -0.2) is 0 Å². The summed E-state index contributed by atoms with van der Waals surface area (Å²) in [7, 11) is 0. The second-order valence-corrected chi connectivity index (χ2v) is 4.36. The third-order valence-corrected chi connectivity index (χ3v) is 2.97. The number of hydrogen-bond acceptors (Lipinski definition) is 3. The smallest absolute Gasteiger partial charge is 0.230 e. The zero-order chi connectivity index (χ0) is 12.8. The Balaban J connectivity index is 2.63. The van der Waals surface area contributed by atoms with E-state index in [0.717, 1.165) is 4.86 Å². The second-order valence-electron chi connectivity index (χ2n) is 3.84.